The van der Waals surface area contributed by atoms with Crippen molar-refractivity contribution in [3.63, 3.8) is 0 Å². The van der Waals surface area contributed by atoms with Gasteiger partial charge in [-0.25, -0.2) is 0 Å². The molecule has 0 aliphatic rings. The van der Waals surface area contributed by atoms with Crippen LogP contribution in [0.1, 0.15) is 32.3 Å². The van der Waals surface area contributed by atoms with Crippen molar-refractivity contribution in [1.82, 2.24) is 5.32 Å². The minimum Gasteiger partial charge on any atom is -0.354 e. The molecule has 0 saturated carbocycles. The maximum Gasteiger partial charge on any atom is 0.230 e. The van der Waals surface area contributed by atoms with Crippen molar-refractivity contribution in [2.24, 2.45) is 5.73 Å². The van der Waals surface area contributed by atoms with Crippen molar-refractivity contribution in [2.45, 2.75) is 44.0 Å². The van der Waals surface area contributed by atoms with Gasteiger partial charge in [-0.05, 0) is 31.4 Å². The second-order valence-corrected chi connectivity index (χ2v) is 5.92. The predicted octanol–water partition coefficient (Wildman–Crippen LogP) is 2.72. The van der Waals surface area contributed by atoms with Crippen LogP contribution >= 0.6 is 11.8 Å². The zero-order valence-electron chi connectivity index (χ0n) is 12.0. The summed E-state index contributed by atoms with van der Waals surface area (Å²) in [4.78, 5) is 13.0. The largest absolute Gasteiger partial charge is 0.354 e. The Morgan fingerprint density at radius 2 is 1.95 bits per heavy atom. The van der Waals surface area contributed by atoms with Gasteiger partial charge in [0.1, 0.15) is 0 Å². The number of benzene rings is 1. The third-order valence-electron chi connectivity index (χ3n) is 3.50. The lowest BCUT2D eigenvalue weighted by Crippen LogP contribution is -2.49. The van der Waals surface area contributed by atoms with E-state index in [1.165, 1.54) is 5.56 Å². The Bertz CT molecular complexity index is 416. The van der Waals surface area contributed by atoms with Crippen molar-refractivity contribution in [2.75, 3.05) is 12.3 Å². The highest BCUT2D eigenvalue weighted by atomic mass is 32.2. The van der Waals surface area contributed by atoms with E-state index in [0.717, 1.165) is 17.7 Å². The summed E-state index contributed by atoms with van der Waals surface area (Å²) in [5.41, 5.74) is 7.08. The lowest BCUT2D eigenvalue weighted by atomic mass is 9.94. The molecule has 1 aromatic rings. The molecule has 0 unspecified atom stereocenters. The first kappa shape index (κ1) is 16.1. The molecule has 0 fully saturated rings. The average Bonchev–Trinajstić information content (AvgIpc) is 2.44. The van der Waals surface area contributed by atoms with Gasteiger partial charge in [-0.15, -0.1) is 11.8 Å². The molecular formula is C15H24N2OS. The minimum atomic E-state index is -0.275. The Morgan fingerprint density at radius 1 is 1.32 bits per heavy atom. The first-order chi connectivity index (χ1) is 9.00. The standard InChI is InChI=1S/C15H24N2OS/c1-4-15(16,5-2)11-17-14(18)10-19-13-9-7-6-8-12(13)3/h6-9H,4-5,10-11,16H2,1-3H3,(H,17,18). The summed E-state index contributed by atoms with van der Waals surface area (Å²) in [6, 6.07) is 8.09. The van der Waals surface area contributed by atoms with E-state index < -0.39 is 0 Å². The predicted molar refractivity (Wildman–Crippen MR) is 82.4 cm³/mol. The lowest BCUT2D eigenvalue weighted by molar-refractivity contribution is -0.118. The van der Waals surface area contributed by atoms with Crippen LogP contribution < -0.4 is 11.1 Å². The number of hydrogen-bond donors (Lipinski definition) is 2. The molecule has 3 N–H and O–H groups in total. The van der Waals surface area contributed by atoms with Crippen LogP contribution in [0.3, 0.4) is 0 Å². The Balaban J connectivity index is 2.39. The Labute approximate surface area is 120 Å². The van der Waals surface area contributed by atoms with Crippen LogP contribution in [0.4, 0.5) is 0 Å². The van der Waals surface area contributed by atoms with Gasteiger partial charge in [0.25, 0.3) is 0 Å². The number of carbonyl (C=O) groups excluding carboxylic acids is 1. The summed E-state index contributed by atoms with van der Waals surface area (Å²) >= 11 is 1.57. The van der Waals surface area contributed by atoms with Gasteiger partial charge < -0.3 is 11.1 Å². The van der Waals surface area contributed by atoms with Gasteiger partial charge in [-0.2, -0.15) is 0 Å². The van der Waals surface area contributed by atoms with Gasteiger partial charge in [-0.1, -0.05) is 32.0 Å². The van der Waals surface area contributed by atoms with Gasteiger partial charge in [-0.3, -0.25) is 4.79 Å². The molecule has 4 heteroatoms. The van der Waals surface area contributed by atoms with E-state index in [2.05, 4.69) is 32.2 Å². The highest BCUT2D eigenvalue weighted by Crippen LogP contribution is 2.21. The smallest absolute Gasteiger partial charge is 0.230 e. The summed E-state index contributed by atoms with van der Waals surface area (Å²) in [5, 5.41) is 2.93. The minimum absolute atomic E-state index is 0.0463. The number of carbonyl (C=O) groups is 1. The van der Waals surface area contributed by atoms with Gasteiger partial charge in [0.15, 0.2) is 0 Å². The van der Waals surface area contributed by atoms with E-state index in [1.807, 2.05) is 18.2 Å². The quantitative estimate of drug-likeness (QED) is 0.755. The topological polar surface area (TPSA) is 55.1 Å². The summed E-state index contributed by atoms with van der Waals surface area (Å²) < 4.78 is 0. The Hall–Kier alpha value is -1.00. The van der Waals surface area contributed by atoms with Crippen molar-refractivity contribution in [1.29, 1.82) is 0 Å². The zero-order chi connectivity index (χ0) is 14.3. The van der Waals surface area contributed by atoms with Crippen molar-refractivity contribution >= 4 is 17.7 Å². The highest BCUT2D eigenvalue weighted by Gasteiger charge is 2.20. The van der Waals surface area contributed by atoms with Crippen LogP contribution in [0, 0.1) is 6.92 Å². The fourth-order valence-electron chi connectivity index (χ4n) is 1.69. The molecule has 1 amide bonds. The van der Waals surface area contributed by atoms with E-state index in [1.54, 1.807) is 11.8 Å². The number of nitrogens with two attached hydrogens (primary N) is 1. The second kappa shape index (κ2) is 7.56. The maximum atomic E-state index is 11.8. The third-order valence-corrected chi connectivity index (χ3v) is 4.67. The molecule has 0 aliphatic carbocycles. The van der Waals surface area contributed by atoms with Gasteiger partial charge >= 0.3 is 0 Å². The van der Waals surface area contributed by atoms with Gasteiger partial charge in [0.2, 0.25) is 5.91 Å². The van der Waals surface area contributed by atoms with Crippen molar-refractivity contribution in [3.05, 3.63) is 29.8 Å². The molecule has 0 aliphatic heterocycles. The van der Waals surface area contributed by atoms with E-state index in [9.17, 15) is 4.79 Å². The molecule has 3 nitrogen and oxygen atoms in total. The fourth-order valence-corrected chi connectivity index (χ4v) is 2.55. The number of thioether (sulfide) groups is 1. The first-order valence-electron chi connectivity index (χ1n) is 6.74. The number of amides is 1. The van der Waals surface area contributed by atoms with Gasteiger partial charge in [0.05, 0.1) is 5.75 Å². The second-order valence-electron chi connectivity index (χ2n) is 4.90. The molecule has 0 aromatic heterocycles. The molecule has 1 aromatic carbocycles. The van der Waals surface area contributed by atoms with Gasteiger partial charge in [0, 0.05) is 17.0 Å². The number of rotatable bonds is 7. The molecule has 106 valence electrons. The zero-order valence-corrected chi connectivity index (χ0v) is 12.8. The molecule has 0 radical (unpaired) electrons. The summed E-state index contributed by atoms with van der Waals surface area (Å²) in [5.74, 6) is 0.485. The number of aryl methyl sites for hydroxylation is 1. The molecule has 19 heavy (non-hydrogen) atoms. The van der Waals surface area contributed by atoms with Crippen molar-refractivity contribution < 1.29 is 4.79 Å². The van der Waals surface area contributed by atoms with E-state index >= 15 is 0 Å². The van der Waals surface area contributed by atoms with E-state index in [-0.39, 0.29) is 11.4 Å². The highest BCUT2D eigenvalue weighted by molar-refractivity contribution is 8.00. The molecule has 0 saturated heterocycles. The van der Waals surface area contributed by atoms with E-state index in [0.29, 0.717) is 12.3 Å². The van der Waals surface area contributed by atoms with Crippen molar-refractivity contribution in [3.8, 4) is 0 Å². The molecule has 0 atom stereocenters. The first-order valence-corrected chi connectivity index (χ1v) is 7.73. The number of hydrogen-bond acceptors (Lipinski definition) is 3. The summed E-state index contributed by atoms with van der Waals surface area (Å²) in [6.07, 6.45) is 1.74. The molecule has 1 rings (SSSR count). The molecule has 0 heterocycles. The molecule has 0 spiro atoms. The summed E-state index contributed by atoms with van der Waals surface area (Å²) in [7, 11) is 0. The fraction of sp³-hybridized carbons (Fsp3) is 0.533. The molecule has 0 bridgehead atoms. The SMILES string of the molecule is CCC(N)(CC)CNC(=O)CSc1ccccc1C. The molecular weight excluding hydrogens is 256 g/mol. The monoisotopic (exact) mass is 280 g/mol. The lowest BCUT2D eigenvalue weighted by Gasteiger charge is -2.26. The van der Waals surface area contributed by atoms with Crippen LogP contribution in [-0.2, 0) is 4.79 Å². The van der Waals surface area contributed by atoms with Crippen LogP contribution in [0.2, 0.25) is 0 Å². The normalized spacial score (nSPS) is 11.4. The van der Waals surface area contributed by atoms with Crippen LogP contribution in [0.25, 0.3) is 0 Å². The summed E-state index contributed by atoms with van der Waals surface area (Å²) in [6.45, 7) is 6.71. The Morgan fingerprint density at radius 3 is 2.53 bits per heavy atom. The average molecular weight is 280 g/mol. The van der Waals surface area contributed by atoms with Crippen LogP contribution in [0.15, 0.2) is 29.2 Å². The Kier molecular flexibility index (Phi) is 6.38. The number of nitrogens with one attached hydrogen (secondary N) is 1. The van der Waals surface area contributed by atoms with E-state index in [4.69, 9.17) is 5.73 Å². The maximum absolute atomic E-state index is 11.8. The van der Waals surface area contributed by atoms with Crippen LogP contribution in [0.5, 0.6) is 0 Å². The van der Waals surface area contributed by atoms with Crippen LogP contribution in [-0.4, -0.2) is 23.7 Å². The third kappa shape index (κ3) is 5.25.